The Bertz CT molecular complexity index is 419. The number of carbonyl (C=O) groups is 1. The van der Waals surface area contributed by atoms with E-state index in [1.54, 1.807) is 0 Å². The zero-order chi connectivity index (χ0) is 11.0. The van der Waals surface area contributed by atoms with Crippen LogP contribution >= 0.6 is 0 Å². The van der Waals surface area contributed by atoms with Crippen LogP contribution < -0.4 is 4.74 Å². The fraction of sp³-hybridized carbons (Fsp3) is 0.500. The maximum atomic E-state index is 11.0. The molecule has 2 nitrogen and oxygen atoms in total. The lowest BCUT2D eigenvalue weighted by molar-refractivity contribution is 0.111. The third kappa shape index (κ3) is 1.84. The number of carbonyl (C=O) groups excluding carboxylic acids is 1. The molecule has 0 amide bonds. The van der Waals surface area contributed by atoms with Crippen molar-refractivity contribution in [3.05, 3.63) is 28.8 Å². The van der Waals surface area contributed by atoms with Crippen LogP contribution in [0.15, 0.2) is 12.1 Å². The predicted molar refractivity (Wildman–Crippen MR) is 62.1 cm³/mol. The van der Waals surface area contributed by atoms with Crippen molar-refractivity contribution < 1.29 is 9.53 Å². The van der Waals surface area contributed by atoms with Crippen LogP contribution in [0.25, 0.3) is 0 Å². The van der Waals surface area contributed by atoms with Gasteiger partial charge >= 0.3 is 0 Å². The van der Waals surface area contributed by atoms with Gasteiger partial charge in [-0.15, -0.1) is 0 Å². The van der Waals surface area contributed by atoms with Gasteiger partial charge in [-0.05, 0) is 61.3 Å². The van der Waals surface area contributed by atoms with Crippen LogP contribution in [-0.4, -0.2) is 12.9 Å². The lowest BCUT2D eigenvalue weighted by Gasteiger charge is -2.10. The van der Waals surface area contributed by atoms with Crippen molar-refractivity contribution in [2.24, 2.45) is 5.92 Å². The van der Waals surface area contributed by atoms with E-state index in [0.717, 1.165) is 43.0 Å². The van der Waals surface area contributed by atoms with Crippen molar-refractivity contribution in [3.8, 4) is 5.75 Å². The molecule has 0 saturated heterocycles. The number of fused-ring (bicyclic) bond motifs is 1. The highest BCUT2D eigenvalue weighted by atomic mass is 16.5. The van der Waals surface area contributed by atoms with Gasteiger partial charge in [-0.25, -0.2) is 0 Å². The lowest BCUT2D eigenvalue weighted by atomic mass is 10.1. The third-order valence-corrected chi connectivity index (χ3v) is 3.52. The topological polar surface area (TPSA) is 26.3 Å². The van der Waals surface area contributed by atoms with Gasteiger partial charge in [-0.2, -0.15) is 0 Å². The van der Waals surface area contributed by atoms with E-state index in [1.807, 2.05) is 6.07 Å². The second-order valence-electron chi connectivity index (χ2n) is 4.88. The summed E-state index contributed by atoms with van der Waals surface area (Å²) in [5.74, 6) is 1.52. The maximum Gasteiger partial charge on any atom is 0.153 e. The van der Waals surface area contributed by atoms with Crippen LogP contribution in [0.3, 0.4) is 0 Å². The molecule has 1 saturated carbocycles. The van der Waals surface area contributed by atoms with Crippen molar-refractivity contribution in [3.63, 3.8) is 0 Å². The molecule has 0 atom stereocenters. The summed E-state index contributed by atoms with van der Waals surface area (Å²) >= 11 is 0. The molecule has 84 valence electrons. The summed E-state index contributed by atoms with van der Waals surface area (Å²) < 4.78 is 5.75. The molecule has 2 aliphatic carbocycles. The van der Waals surface area contributed by atoms with Gasteiger partial charge < -0.3 is 4.74 Å². The highest BCUT2D eigenvalue weighted by molar-refractivity contribution is 5.80. The highest BCUT2D eigenvalue weighted by Gasteiger charge is 2.23. The fourth-order valence-corrected chi connectivity index (χ4v) is 2.33. The van der Waals surface area contributed by atoms with Crippen molar-refractivity contribution in [2.45, 2.75) is 32.1 Å². The summed E-state index contributed by atoms with van der Waals surface area (Å²) in [4.78, 5) is 11.0. The molecule has 0 radical (unpaired) electrons. The minimum atomic E-state index is 0.723. The quantitative estimate of drug-likeness (QED) is 0.723. The number of benzene rings is 1. The number of hydrogen-bond acceptors (Lipinski definition) is 2. The van der Waals surface area contributed by atoms with E-state index in [1.165, 1.54) is 30.4 Å². The van der Waals surface area contributed by atoms with Gasteiger partial charge in [0.1, 0.15) is 5.75 Å². The third-order valence-electron chi connectivity index (χ3n) is 3.52. The number of rotatable bonds is 4. The van der Waals surface area contributed by atoms with Gasteiger partial charge in [-0.1, -0.05) is 0 Å². The molecular weight excluding hydrogens is 200 g/mol. The zero-order valence-electron chi connectivity index (χ0n) is 9.37. The Labute approximate surface area is 95.6 Å². The molecule has 0 aromatic heterocycles. The minimum absolute atomic E-state index is 0.723. The standard InChI is InChI=1S/C14H16O2/c15-8-13-6-11-2-1-3-12(11)7-14(13)16-9-10-4-5-10/h6-8,10H,1-5,9H2. The van der Waals surface area contributed by atoms with Crippen molar-refractivity contribution in [1.82, 2.24) is 0 Å². The van der Waals surface area contributed by atoms with Gasteiger partial charge in [0.25, 0.3) is 0 Å². The van der Waals surface area contributed by atoms with Gasteiger partial charge in [-0.3, -0.25) is 4.79 Å². The molecule has 16 heavy (non-hydrogen) atoms. The van der Waals surface area contributed by atoms with E-state index in [0.29, 0.717) is 0 Å². The molecule has 3 rings (SSSR count). The van der Waals surface area contributed by atoms with Crippen LogP contribution in [0.1, 0.15) is 40.7 Å². The van der Waals surface area contributed by atoms with E-state index >= 15 is 0 Å². The average molecular weight is 216 g/mol. The molecule has 0 aliphatic heterocycles. The molecule has 0 N–H and O–H groups in total. The average Bonchev–Trinajstić information content (AvgIpc) is 3.02. The van der Waals surface area contributed by atoms with E-state index in [9.17, 15) is 4.79 Å². The summed E-state index contributed by atoms with van der Waals surface area (Å²) in [7, 11) is 0. The smallest absolute Gasteiger partial charge is 0.153 e. The number of aldehydes is 1. The summed E-state index contributed by atoms with van der Waals surface area (Å²) in [6.45, 7) is 0.777. The van der Waals surface area contributed by atoms with Crippen molar-refractivity contribution in [2.75, 3.05) is 6.61 Å². The first-order valence-electron chi connectivity index (χ1n) is 6.10. The van der Waals surface area contributed by atoms with Gasteiger partial charge in [0.05, 0.1) is 12.2 Å². The normalized spacial score (nSPS) is 18.2. The second-order valence-corrected chi connectivity index (χ2v) is 4.88. The molecule has 0 unspecified atom stereocenters. The van der Waals surface area contributed by atoms with Gasteiger partial charge in [0.15, 0.2) is 6.29 Å². The minimum Gasteiger partial charge on any atom is -0.493 e. The molecule has 2 heteroatoms. The molecular formula is C14H16O2. The van der Waals surface area contributed by atoms with E-state index in [4.69, 9.17) is 4.74 Å². The first-order chi connectivity index (χ1) is 7.86. The lowest BCUT2D eigenvalue weighted by Crippen LogP contribution is -2.02. The molecule has 2 aliphatic rings. The van der Waals surface area contributed by atoms with Crippen LogP contribution in [0.4, 0.5) is 0 Å². The molecule has 0 spiro atoms. The molecule has 1 fully saturated rings. The van der Waals surface area contributed by atoms with Crippen LogP contribution in [-0.2, 0) is 12.8 Å². The first kappa shape index (κ1) is 9.88. The summed E-state index contributed by atoms with van der Waals surface area (Å²) in [5, 5.41) is 0. The maximum absolute atomic E-state index is 11.0. The van der Waals surface area contributed by atoms with Gasteiger partial charge in [0, 0.05) is 0 Å². The van der Waals surface area contributed by atoms with Crippen LogP contribution in [0.2, 0.25) is 0 Å². The van der Waals surface area contributed by atoms with Crippen LogP contribution in [0.5, 0.6) is 5.75 Å². The SMILES string of the molecule is O=Cc1cc2c(cc1OCC1CC1)CCC2. The Morgan fingerprint density at radius 1 is 1.25 bits per heavy atom. The highest BCUT2D eigenvalue weighted by Crippen LogP contribution is 2.32. The Kier molecular flexibility index (Phi) is 2.43. The van der Waals surface area contributed by atoms with Crippen LogP contribution in [0, 0.1) is 5.92 Å². The monoisotopic (exact) mass is 216 g/mol. The van der Waals surface area contributed by atoms with Crippen molar-refractivity contribution in [1.29, 1.82) is 0 Å². The second kappa shape index (κ2) is 3.93. The summed E-state index contributed by atoms with van der Waals surface area (Å²) in [6, 6.07) is 4.09. The number of ether oxygens (including phenoxy) is 1. The van der Waals surface area contributed by atoms with Gasteiger partial charge in [0.2, 0.25) is 0 Å². The fourth-order valence-electron chi connectivity index (χ4n) is 2.33. The van der Waals surface area contributed by atoms with E-state index < -0.39 is 0 Å². The van der Waals surface area contributed by atoms with E-state index in [-0.39, 0.29) is 0 Å². The number of aryl methyl sites for hydroxylation is 2. The Balaban J connectivity index is 1.85. The largest absolute Gasteiger partial charge is 0.493 e. The molecule has 1 aromatic carbocycles. The Hall–Kier alpha value is -1.31. The Morgan fingerprint density at radius 3 is 2.69 bits per heavy atom. The molecule has 1 aromatic rings. The zero-order valence-corrected chi connectivity index (χ0v) is 9.37. The number of hydrogen-bond donors (Lipinski definition) is 0. The Morgan fingerprint density at radius 2 is 2.00 bits per heavy atom. The summed E-state index contributed by atoms with van der Waals surface area (Å²) in [5.41, 5.74) is 3.43. The molecule has 0 bridgehead atoms. The molecule has 0 heterocycles. The van der Waals surface area contributed by atoms with Crippen molar-refractivity contribution >= 4 is 6.29 Å². The first-order valence-corrected chi connectivity index (χ1v) is 6.10. The van der Waals surface area contributed by atoms with E-state index in [2.05, 4.69) is 6.07 Å². The summed E-state index contributed by atoms with van der Waals surface area (Å²) in [6.07, 6.45) is 6.93. The predicted octanol–water partition coefficient (Wildman–Crippen LogP) is 2.78.